The molecule has 2 heterocycles. The third-order valence-corrected chi connectivity index (χ3v) is 11.5. The Hall–Kier alpha value is -3.18. The summed E-state index contributed by atoms with van der Waals surface area (Å²) in [5.74, 6) is -2.36. The second-order valence-electron chi connectivity index (χ2n) is 17.1. The lowest BCUT2D eigenvalue weighted by molar-refractivity contribution is -0.144. The zero-order valence-electron chi connectivity index (χ0n) is 30.1. The van der Waals surface area contributed by atoms with E-state index >= 15 is 0 Å². The second kappa shape index (κ2) is 15.2. The number of nitrogens with one attached hydrogen (secondary N) is 3. The highest BCUT2D eigenvalue weighted by Gasteiger charge is 2.47. The van der Waals surface area contributed by atoms with Crippen LogP contribution in [-0.4, -0.2) is 89.0 Å². The summed E-state index contributed by atoms with van der Waals surface area (Å²) in [7, 11) is 0. The predicted molar refractivity (Wildman–Crippen MR) is 182 cm³/mol. The number of nitrogens with two attached hydrogens (primary N) is 1. The number of hydrogen-bond donors (Lipinski definition) is 4. The molecule has 0 spiro atoms. The lowest BCUT2D eigenvalue weighted by Crippen LogP contribution is -2.63. The van der Waals surface area contributed by atoms with E-state index in [1.54, 1.807) is 4.90 Å². The van der Waals surface area contributed by atoms with Crippen molar-refractivity contribution in [2.75, 3.05) is 19.6 Å². The first-order valence-corrected chi connectivity index (χ1v) is 18.2. The Kier molecular flexibility index (Phi) is 11.9. The molecule has 270 valence electrons. The lowest BCUT2D eigenvalue weighted by Gasteiger charge is -2.43. The van der Waals surface area contributed by atoms with Crippen LogP contribution in [0.15, 0.2) is 0 Å². The maximum absolute atomic E-state index is 14.5. The fourth-order valence-corrected chi connectivity index (χ4v) is 7.84. The number of urea groups is 1. The molecular weight excluding hydrogens is 612 g/mol. The van der Waals surface area contributed by atoms with Gasteiger partial charge in [-0.1, -0.05) is 80.1 Å². The van der Waals surface area contributed by atoms with E-state index in [-0.39, 0.29) is 34.6 Å². The number of carbonyl (C=O) groups excluding carboxylic acids is 6. The minimum absolute atomic E-state index is 0.0438. The van der Waals surface area contributed by atoms with Gasteiger partial charge in [0.15, 0.2) is 0 Å². The average Bonchev–Trinajstić information content (AvgIpc) is 3.47. The predicted octanol–water partition coefficient (Wildman–Crippen LogP) is 3.41. The van der Waals surface area contributed by atoms with Gasteiger partial charge in [0.2, 0.25) is 23.5 Å². The first-order valence-electron chi connectivity index (χ1n) is 18.2. The maximum Gasteiger partial charge on any atom is 0.315 e. The maximum atomic E-state index is 14.5. The summed E-state index contributed by atoms with van der Waals surface area (Å²) in [6.07, 6.45) is 10.1. The molecule has 0 bridgehead atoms. The van der Waals surface area contributed by atoms with Crippen LogP contribution in [0.3, 0.4) is 0 Å². The van der Waals surface area contributed by atoms with Gasteiger partial charge in [-0.15, -0.1) is 0 Å². The zero-order valence-corrected chi connectivity index (χ0v) is 30.1. The molecule has 0 radical (unpaired) electrons. The molecule has 12 heteroatoms. The molecular formula is C36H60N6O6. The van der Waals surface area contributed by atoms with Crippen LogP contribution in [-0.2, 0) is 24.0 Å². The number of amides is 6. The topological polar surface area (TPSA) is 171 Å². The SMILES string of the molecule is CC1(C)CCN(C[C@@H](NC(=O)N[C@H](C(=O)N2CCC[C@H]2C(=O)NC(CC2CCC2)C(=O)C(N)=O)C2(C)CCCCC2)C(C)(C)C)C(=O)C1. The number of likely N-dealkylation sites (tertiary alicyclic amines) is 2. The van der Waals surface area contributed by atoms with Gasteiger partial charge in [-0.2, -0.15) is 0 Å². The van der Waals surface area contributed by atoms with Crippen LogP contribution in [0.4, 0.5) is 4.79 Å². The monoisotopic (exact) mass is 672 g/mol. The largest absolute Gasteiger partial charge is 0.363 e. The summed E-state index contributed by atoms with van der Waals surface area (Å²) < 4.78 is 0. The Morgan fingerprint density at radius 2 is 1.54 bits per heavy atom. The minimum atomic E-state index is -1.08. The van der Waals surface area contributed by atoms with Gasteiger partial charge in [0, 0.05) is 26.1 Å². The Morgan fingerprint density at radius 3 is 2.10 bits per heavy atom. The molecule has 0 aromatic rings. The lowest BCUT2D eigenvalue weighted by atomic mass is 9.70. The molecule has 4 atom stereocenters. The van der Waals surface area contributed by atoms with Gasteiger partial charge in [-0.25, -0.2) is 4.79 Å². The third kappa shape index (κ3) is 9.28. The number of rotatable bonds is 12. The van der Waals surface area contributed by atoms with Crippen LogP contribution in [0.5, 0.6) is 0 Å². The first-order chi connectivity index (χ1) is 22.4. The summed E-state index contributed by atoms with van der Waals surface area (Å²) in [5.41, 5.74) is 4.39. The van der Waals surface area contributed by atoms with Crippen LogP contribution < -0.4 is 21.7 Å². The molecule has 2 aliphatic carbocycles. The van der Waals surface area contributed by atoms with E-state index in [4.69, 9.17) is 5.73 Å². The van der Waals surface area contributed by atoms with Crippen molar-refractivity contribution in [1.29, 1.82) is 0 Å². The van der Waals surface area contributed by atoms with Gasteiger partial charge >= 0.3 is 6.03 Å². The normalized spacial score (nSPS) is 24.5. The Balaban J connectivity index is 1.50. The van der Waals surface area contributed by atoms with Crippen molar-refractivity contribution >= 4 is 35.4 Å². The molecule has 1 unspecified atom stereocenters. The van der Waals surface area contributed by atoms with Gasteiger partial charge in [0.1, 0.15) is 12.1 Å². The summed E-state index contributed by atoms with van der Waals surface area (Å²) in [4.78, 5) is 82.8. The molecule has 5 N–H and O–H groups in total. The molecule has 2 saturated carbocycles. The van der Waals surface area contributed by atoms with E-state index in [9.17, 15) is 28.8 Å². The molecule has 6 amide bonds. The first kappa shape index (κ1) is 37.6. The number of primary amides is 1. The molecule has 12 nitrogen and oxygen atoms in total. The van der Waals surface area contributed by atoms with Crippen LogP contribution in [0, 0.1) is 22.2 Å². The number of nitrogens with zero attached hydrogens (tertiary/aromatic N) is 2. The van der Waals surface area contributed by atoms with E-state index in [1.807, 2.05) is 32.6 Å². The fraction of sp³-hybridized carbons (Fsp3) is 0.833. The highest BCUT2D eigenvalue weighted by Crippen LogP contribution is 2.40. The van der Waals surface area contributed by atoms with Crippen molar-refractivity contribution in [3.63, 3.8) is 0 Å². The number of ketones is 1. The van der Waals surface area contributed by atoms with Crippen LogP contribution in [0.25, 0.3) is 0 Å². The quantitative estimate of drug-likeness (QED) is 0.232. The van der Waals surface area contributed by atoms with Crippen LogP contribution in [0.2, 0.25) is 0 Å². The van der Waals surface area contributed by atoms with E-state index in [1.165, 1.54) is 0 Å². The Bertz CT molecular complexity index is 1230. The Labute approximate surface area is 286 Å². The van der Waals surface area contributed by atoms with Gasteiger partial charge in [-0.3, -0.25) is 24.0 Å². The Morgan fingerprint density at radius 1 is 0.875 bits per heavy atom. The summed E-state index contributed by atoms with van der Waals surface area (Å²) in [6.45, 7) is 13.7. The summed E-state index contributed by atoms with van der Waals surface area (Å²) in [5, 5.41) is 8.93. The van der Waals surface area contributed by atoms with Gasteiger partial charge in [-0.05, 0) is 60.7 Å². The van der Waals surface area contributed by atoms with Crippen molar-refractivity contribution in [3.8, 4) is 0 Å². The number of piperidine rings is 1. The van der Waals surface area contributed by atoms with Gasteiger partial charge in [0.25, 0.3) is 5.91 Å². The van der Waals surface area contributed by atoms with E-state index in [2.05, 4.69) is 29.8 Å². The molecule has 4 aliphatic rings. The molecule has 2 aliphatic heterocycles. The molecule has 0 aromatic heterocycles. The van der Waals surface area contributed by atoms with Crippen molar-refractivity contribution in [2.24, 2.45) is 27.9 Å². The van der Waals surface area contributed by atoms with E-state index in [0.29, 0.717) is 45.3 Å². The highest BCUT2D eigenvalue weighted by molar-refractivity contribution is 6.37. The summed E-state index contributed by atoms with van der Waals surface area (Å²) in [6, 6.07) is -3.54. The smallest absolute Gasteiger partial charge is 0.315 e. The number of hydrogen-bond acceptors (Lipinski definition) is 6. The van der Waals surface area contributed by atoms with Gasteiger partial charge < -0.3 is 31.5 Å². The standard InChI is InChI=1S/C36H60N6O6/c1-34(2,3)26(22-41-19-17-35(4,5)21-27(41)43)39-33(48)40-29(36(6)15-8-7-9-16-36)32(47)42-18-11-14-25(42)31(46)38-24(28(44)30(37)45)20-23-12-10-13-23/h23-26,29H,7-22H2,1-6H3,(H2,37,45)(H,38,46)(H2,39,40,48)/t24?,25-,26+,29+/m0/s1. The fourth-order valence-electron chi connectivity index (χ4n) is 7.84. The van der Waals surface area contributed by atoms with Crippen molar-refractivity contribution in [3.05, 3.63) is 0 Å². The zero-order chi connectivity index (χ0) is 35.4. The number of carbonyl (C=O) groups is 6. The van der Waals surface area contributed by atoms with Crippen LogP contribution in [0.1, 0.15) is 125 Å². The molecule has 48 heavy (non-hydrogen) atoms. The van der Waals surface area contributed by atoms with Crippen molar-refractivity contribution < 1.29 is 28.8 Å². The summed E-state index contributed by atoms with van der Waals surface area (Å²) >= 11 is 0. The third-order valence-electron chi connectivity index (χ3n) is 11.5. The van der Waals surface area contributed by atoms with Crippen molar-refractivity contribution in [1.82, 2.24) is 25.8 Å². The minimum Gasteiger partial charge on any atom is -0.363 e. The molecule has 2 saturated heterocycles. The number of Topliss-reactive ketones (excluding diaryl/α,β-unsaturated/α-hetero) is 1. The second-order valence-corrected chi connectivity index (χ2v) is 17.1. The average molecular weight is 673 g/mol. The highest BCUT2D eigenvalue weighted by atomic mass is 16.2. The molecule has 4 fully saturated rings. The van der Waals surface area contributed by atoms with E-state index < -0.39 is 47.2 Å². The van der Waals surface area contributed by atoms with E-state index in [0.717, 1.165) is 57.8 Å². The van der Waals surface area contributed by atoms with Crippen LogP contribution >= 0.6 is 0 Å². The molecule has 0 aromatic carbocycles. The van der Waals surface area contributed by atoms with Crippen molar-refractivity contribution in [2.45, 2.75) is 149 Å². The van der Waals surface area contributed by atoms with Gasteiger partial charge in [0.05, 0.1) is 12.1 Å². The molecule has 4 rings (SSSR count).